The minimum absolute atomic E-state index is 0.194. The highest BCUT2D eigenvalue weighted by atomic mass is 16.5. The van der Waals surface area contributed by atoms with Crippen molar-refractivity contribution in [3.8, 4) is 5.75 Å². The van der Waals surface area contributed by atoms with Crippen molar-refractivity contribution in [2.45, 2.75) is 0 Å². The van der Waals surface area contributed by atoms with Crippen molar-refractivity contribution in [2.75, 3.05) is 26.7 Å². The predicted octanol–water partition coefficient (Wildman–Crippen LogP) is 0.910. The predicted molar refractivity (Wildman–Crippen MR) is 76.9 cm³/mol. The van der Waals surface area contributed by atoms with Gasteiger partial charge < -0.3 is 20.7 Å². The zero-order valence-corrected chi connectivity index (χ0v) is 11.4. The first-order valence-corrected chi connectivity index (χ1v) is 6.22. The molecule has 3 amide bonds. The Morgan fingerprint density at radius 2 is 1.80 bits per heavy atom. The molecule has 0 saturated heterocycles. The summed E-state index contributed by atoms with van der Waals surface area (Å²) < 4.78 is 5.01. The summed E-state index contributed by atoms with van der Waals surface area (Å²) in [5.41, 5.74) is 0.543. The van der Waals surface area contributed by atoms with Crippen LogP contribution < -0.4 is 20.7 Å². The second kappa shape index (κ2) is 8.58. The Labute approximate surface area is 118 Å². The molecule has 0 atom stereocenters. The van der Waals surface area contributed by atoms with Gasteiger partial charge in [0, 0.05) is 25.2 Å². The van der Waals surface area contributed by atoms with E-state index in [1.807, 2.05) is 0 Å². The van der Waals surface area contributed by atoms with Gasteiger partial charge in [-0.2, -0.15) is 0 Å². The molecule has 0 unspecified atom stereocenters. The van der Waals surface area contributed by atoms with Crippen LogP contribution in [-0.4, -0.2) is 38.7 Å². The van der Waals surface area contributed by atoms with E-state index in [4.69, 9.17) is 4.74 Å². The Morgan fingerprint density at radius 1 is 1.15 bits per heavy atom. The highest BCUT2D eigenvalue weighted by Gasteiger charge is 2.05. The number of carbonyl (C=O) groups is 2. The summed E-state index contributed by atoms with van der Waals surface area (Å²) in [6.07, 6.45) is 1.59. The van der Waals surface area contributed by atoms with Gasteiger partial charge in [0.1, 0.15) is 5.75 Å². The van der Waals surface area contributed by atoms with Crippen LogP contribution in [0.2, 0.25) is 0 Å². The molecular formula is C14H19N3O3. The molecule has 1 aromatic rings. The van der Waals surface area contributed by atoms with Crippen LogP contribution in [0.15, 0.2) is 36.9 Å². The highest BCUT2D eigenvalue weighted by Crippen LogP contribution is 2.10. The van der Waals surface area contributed by atoms with Crippen LogP contribution in [0.5, 0.6) is 5.75 Å². The third-order valence-electron chi connectivity index (χ3n) is 2.46. The number of amides is 3. The Kier molecular flexibility index (Phi) is 6.67. The standard InChI is InChI=1S/C14H19N3O3/c1-3-8-16-14(19)17-10-9-15-13(18)11-4-6-12(20-2)7-5-11/h3-7H,1,8-10H2,2H3,(H,15,18)(H2,16,17,19). The molecule has 0 radical (unpaired) electrons. The van der Waals surface area contributed by atoms with Gasteiger partial charge in [-0.15, -0.1) is 6.58 Å². The lowest BCUT2D eigenvalue weighted by Crippen LogP contribution is -2.40. The van der Waals surface area contributed by atoms with E-state index in [0.717, 1.165) is 0 Å². The Hall–Kier alpha value is -2.50. The van der Waals surface area contributed by atoms with Gasteiger partial charge in [0.25, 0.3) is 5.91 Å². The first-order chi connectivity index (χ1) is 9.67. The number of ether oxygens (including phenoxy) is 1. The summed E-state index contributed by atoms with van der Waals surface area (Å²) in [7, 11) is 1.57. The highest BCUT2D eigenvalue weighted by molar-refractivity contribution is 5.94. The van der Waals surface area contributed by atoms with Crippen LogP contribution in [0, 0.1) is 0 Å². The molecule has 0 aromatic heterocycles. The molecule has 0 spiro atoms. The molecule has 1 aromatic carbocycles. The van der Waals surface area contributed by atoms with Gasteiger partial charge in [0.2, 0.25) is 0 Å². The summed E-state index contributed by atoms with van der Waals surface area (Å²) >= 11 is 0. The van der Waals surface area contributed by atoms with E-state index in [1.54, 1.807) is 37.5 Å². The number of urea groups is 1. The molecule has 0 bridgehead atoms. The second-order valence-corrected chi connectivity index (χ2v) is 3.91. The van der Waals surface area contributed by atoms with E-state index in [1.165, 1.54) is 0 Å². The Balaban J connectivity index is 2.25. The fraction of sp³-hybridized carbons (Fsp3) is 0.286. The second-order valence-electron chi connectivity index (χ2n) is 3.91. The molecular weight excluding hydrogens is 258 g/mol. The van der Waals surface area contributed by atoms with Gasteiger partial charge in [0.15, 0.2) is 0 Å². The Morgan fingerprint density at radius 3 is 2.40 bits per heavy atom. The maximum atomic E-state index is 11.8. The quantitative estimate of drug-likeness (QED) is 0.512. The van der Waals surface area contributed by atoms with Crippen molar-refractivity contribution in [1.82, 2.24) is 16.0 Å². The summed E-state index contributed by atoms with van der Waals surface area (Å²) in [5, 5.41) is 7.89. The van der Waals surface area contributed by atoms with Crippen LogP contribution in [0.25, 0.3) is 0 Å². The van der Waals surface area contributed by atoms with E-state index < -0.39 is 0 Å². The largest absolute Gasteiger partial charge is 0.497 e. The molecule has 3 N–H and O–H groups in total. The van der Waals surface area contributed by atoms with Crippen molar-refractivity contribution in [3.63, 3.8) is 0 Å². The fourth-order valence-electron chi connectivity index (χ4n) is 1.42. The average molecular weight is 277 g/mol. The molecule has 6 heteroatoms. The zero-order chi connectivity index (χ0) is 14.8. The average Bonchev–Trinajstić information content (AvgIpc) is 2.49. The van der Waals surface area contributed by atoms with Gasteiger partial charge in [0.05, 0.1) is 7.11 Å². The summed E-state index contributed by atoms with van der Waals surface area (Å²) in [5.74, 6) is 0.503. The van der Waals surface area contributed by atoms with E-state index >= 15 is 0 Å². The maximum absolute atomic E-state index is 11.8. The molecule has 0 saturated carbocycles. The third-order valence-corrected chi connectivity index (χ3v) is 2.46. The number of hydrogen-bond acceptors (Lipinski definition) is 3. The van der Waals surface area contributed by atoms with Crippen molar-refractivity contribution < 1.29 is 14.3 Å². The minimum atomic E-state index is -0.288. The number of hydrogen-bond donors (Lipinski definition) is 3. The summed E-state index contributed by atoms with van der Waals surface area (Å²) in [6.45, 7) is 4.60. The first kappa shape index (κ1) is 15.6. The van der Waals surface area contributed by atoms with Crippen molar-refractivity contribution >= 4 is 11.9 Å². The molecule has 0 heterocycles. The number of rotatable bonds is 7. The van der Waals surface area contributed by atoms with Crippen LogP contribution in [-0.2, 0) is 0 Å². The minimum Gasteiger partial charge on any atom is -0.497 e. The molecule has 0 aliphatic heterocycles. The number of carbonyl (C=O) groups excluding carboxylic acids is 2. The third kappa shape index (κ3) is 5.43. The maximum Gasteiger partial charge on any atom is 0.315 e. The van der Waals surface area contributed by atoms with Gasteiger partial charge in [-0.25, -0.2) is 4.79 Å². The van der Waals surface area contributed by atoms with E-state index in [0.29, 0.717) is 30.9 Å². The normalized spacial score (nSPS) is 9.45. The number of nitrogens with one attached hydrogen (secondary N) is 3. The van der Waals surface area contributed by atoms with Crippen molar-refractivity contribution in [2.24, 2.45) is 0 Å². The smallest absolute Gasteiger partial charge is 0.315 e. The molecule has 20 heavy (non-hydrogen) atoms. The molecule has 6 nitrogen and oxygen atoms in total. The van der Waals surface area contributed by atoms with Crippen molar-refractivity contribution in [1.29, 1.82) is 0 Å². The topological polar surface area (TPSA) is 79.5 Å². The molecule has 0 aliphatic rings. The lowest BCUT2D eigenvalue weighted by Gasteiger charge is -2.08. The van der Waals surface area contributed by atoms with Crippen LogP contribution >= 0.6 is 0 Å². The Bertz CT molecular complexity index is 457. The van der Waals surface area contributed by atoms with Crippen LogP contribution in [0.3, 0.4) is 0 Å². The molecule has 108 valence electrons. The molecule has 1 rings (SSSR count). The van der Waals surface area contributed by atoms with Crippen LogP contribution in [0.1, 0.15) is 10.4 Å². The van der Waals surface area contributed by atoms with Gasteiger partial charge in [-0.1, -0.05) is 6.08 Å². The SMILES string of the molecule is C=CCNC(=O)NCCNC(=O)c1ccc(OC)cc1. The van der Waals surface area contributed by atoms with E-state index in [9.17, 15) is 9.59 Å². The lowest BCUT2D eigenvalue weighted by atomic mass is 10.2. The van der Waals surface area contributed by atoms with Gasteiger partial charge in [-0.3, -0.25) is 4.79 Å². The molecule has 0 fully saturated rings. The number of methoxy groups -OCH3 is 1. The lowest BCUT2D eigenvalue weighted by molar-refractivity contribution is 0.0954. The monoisotopic (exact) mass is 277 g/mol. The van der Waals surface area contributed by atoms with E-state index in [-0.39, 0.29) is 11.9 Å². The first-order valence-electron chi connectivity index (χ1n) is 6.22. The number of benzene rings is 1. The van der Waals surface area contributed by atoms with Crippen molar-refractivity contribution in [3.05, 3.63) is 42.5 Å². The summed E-state index contributed by atoms with van der Waals surface area (Å²) in [6, 6.07) is 6.51. The fourth-order valence-corrected chi connectivity index (χ4v) is 1.42. The van der Waals surface area contributed by atoms with Gasteiger partial charge >= 0.3 is 6.03 Å². The summed E-state index contributed by atoms with van der Waals surface area (Å²) in [4.78, 5) is 23.0. The molecule has 0 aliphatic carbocycles. The van der Waals surface area contributed by atoms with Crippen LogP contribution in [0.4, 0.5) is 4.79 Å². The van der Waals surface area contributed by atoms with E-state index in [2.05, 4.69) is 22.5 Å². The van der Waals surface area contributed by atoms with Gasteiger partial charge in [-0.05, 0) is 24.3 Å². The zero-order valence-electron chi connectivity index (χ0n) is 11.4.